The topological polar surface area (TPSA) is 12.0 Å². The van der Waals surface area contributed by atoms with Crippen molar-refractivity contribution in [2.24, 2.45) is 11.3 Å². The second-order valence-electron chi connectivity index (χ2n) is 5.88. The Hall–Kier alpha value is 0.140. The maximum Gasteiger partial charge on any atom is 0.0314 e. The van der Waals surface area contributed by atoms with Crippen molar-refractivity contribution in [3.63, 3.8) is 0 Å². The van der Waals surface area contributed by atoms with Gasteiger partial charge in [-0.3, -0.25) is 0 Å². The number of nitrogens with one attached hydrogen (secondary N) is 1. The zero-order valence-corrected chi connectivity index (χ0v) is 13.7. The number of hydrogen-bond acceptors (Lipinski definition) is 2. The van der Waals surface area contributed by atoms with Crippen LogP contribution in [0.3, 0.4) is 0 Å². The lowest BCUT2D eigenvalue weighted by Gasteiger charge is -2.25. The normalized spacial score (nSPS) is 12.4. The molecule has 1 rings (SSSR count). The molecule has 98 valence electrons. The molecule has 0 fully saturated rings. The number of aryl methyl sites for hydroxylation is 1. The summed E-state index contributed by atoms with van der Waals surface area (Å²) in [6.07, 6.45) is 2.41. The quantitative estimate of drug-likeness (QED) is 0.767. The van der Waals surface area contributed by atoms with E-state index in [9.17, 15) is 0 Å². The van der Waals surface area contributed by atoms with Gasteiger partial charge in [-0.05, 0) is 58.1 Å². The molecule has 0 aliphatic carbocycles. The Kier molecular flexibility index (Phi) is 6.18. The maximum absolute atomic E-state index is 3.60. The monoisotopic (exact) mass is 317 g/mol. The van der Waals surface area contributed by atoms with E-state index in [-0.39, 0.29) is 0 Å². The Balaban J connectivity index is 2.31. The molecule has 1 aromatic rings. The van der Waals surface area contributed by atoms with Crippen LogP contribution in [0.5, 0.6) is 0 Å². The van der Waals surface area contributed by atoms with Crippen molar-refractivity contribution in [2.45, 2.75) is 40.5 Å². The molecule has 0 aliphatic rings. The molecular weight excluding hydrogens is 294 g/mol. The fourth-order valence-electron chi connectivity index (χ4n) is 1.74. The highest BCUT2D eigenvalue weighted by Gasteiger charge is 2.18. The van der Waals surface area contributed by atoms with E-state index >= 15 is 0 Å². The smallest absolute Gasteiger partial charge is 0.0314 e. The Morgan fingerprint density at radius 2 is 2.12 bits per heavy atom. The summed E-state index contributed by atoms with van der Waals surface area (Å²) in [6, 6.07) is 2.14. The Bertz CT molecular complexity index is 331. The maximum atomic E-state index is 3.60. The first-order valence-corrected chi connectivity index (χ1v) is 8.00. The molecule has 1 nitrogen and oxygen atoms in total. The van der Waals surface area contributed by atoms with E-state index in [2.05, 4.69) is 60.4 Å². The lowest BCUT2D eigenvalue weighted by molar-refractivity contribution is 0.309. The van der Waals surface area contributed by atoms with Gasteiger partial charge in [-0.25, -0.2) is 0 Å². The molecule has 0 aromatic carbocycles. The minimum Gasteiger partial charge on any atom is -0.316 e. The van der Waals surface area contributed by atoms with Gasteiger partial charge in [0.25, 0.3) is 0 Å². The van der Waals surface area contributed by atoms with Crippen LogP contribution in [0.25, 0.3) is 0 Å². The van der Waals surface area contributed by atoms with Gasteiger partial charge in [0, 0.05) is 15.9 Å². The molecule has 0 radical (unpaired) electrons. The van der Waals surface area contributed by atoms with Crippen LogP contribution in [0.4, 0.5) is 0 Å². The zero-order valence-electron chi connectivity index (χ0n) is 11.3. The molecule has 0 atom stereocenters. The first-order valence-electron chi connectivity index (χ1n) is 6.33. The molecule has 17 heavy (non-hydrogen) atoms. The van der Waals surface area contributed by atoms with Crippen LogP contribution in [0, 0.1) is 11.3 Å². The predicted octanol–water partition coefficient (Wildman–Crippen LogP) is 4.72. The lowest BCUT2D eigenvalue weighted by atomic mass is 9.87. The largest absolute Gasteiger partial charge is 0.316 e. The van der Waals surface area contributed by atoms with Crippen LogP contribution in [-0.4, -0.2) is 13.1 Å². The fraction of sp³-hybridized carbons (Fsp3) is 0.714. The van der Waals surface area contributed by atoms with Gasteiger partial charge in [0.1, 0.15) is 0 Å². The summed E-state index contributed by atoms with van der Waals surface area (Å²) in [6.45, 7) is 11.4. The van der Waals surface area contributed by atoms with E-state index in [1.54, 1.807) is 0 Å². The van der Waals surface area contributed by atoms with Crippen LogP contribution < -0.4 is 5.32 Å². The van der Waals surface area contributed by atoms with Gasteiger partial charge in [0.15, 0.2) is 0 Å². The van der Waals surface area contributed by atoms with Crippen LogP contribution in [-0.2, 0) is 6.42 Å². The van der Waals surface area contributed by atoms with E-state index < -0.39 is 0 Å². The highest BCUT2D eigenvalue weighted by atomic mass is 79.9. The van der Waals surface area contributed by atoms with Gasteiger partial charge in [-0.1, -0.05) is 27.7 Å². The van der Waals surface area contributed by atoms with Crippen LogP contribution >= 0.6 is 27.3 Å². The summed E-state index contributed by atoms with van der Waals surface area (Å²) < 4.78 is 1.27. The molecule has 3 heteroatoms. The molecule has 0 spiro atoms. The summed E-state index contributed by atoms with van der Waals surface area (Å²) in [5.41, 5.74) is 0.373. The standard InChI is InChI=1S/C14H24BrNS/c1-11(2)9-16-10-14(3,4)7-5-13-12(15)6-8-17-13/h6,8,11,16H,5,7,9-10H2,1-4H3. The third-order valence-electron chi connectivity index (χ3n) is 2.88. The van der Waals surface area contributed by atoms with Crippen molar-refractivity contribution >= 4 is 27.3 Å². The van der Waals surface area contributed by atoms with Gasteiger partial charge in [-0.15, -0.1) is 11.3 Å². The Morgan fingerprint density at radius 1 is 1.41 bits per heavy atom. The Labute approximate surface area is 118 Å². The van der Waals surface area contributed by atoms with Gasteiger partial charge in [-0.2, -0.15) is 0 Å². The summed E-state index contributed by atoms with van der Waals surface area (Å²) in [7, 11) is 0. The van der Waals surface area contributed by atoms with E-state index in [0.717, 1.165) is 19.0 Å². The first-order chi connectivity index (χ1) is 7.91. The number of halogens is 1. The molecule has 0 saturated heterocycles. The number of hydrogen-bond donors (Lipinski definition) is 1. The lowest BCUT2D eigenvalue weighted by Crippen LogP contribution is -2.32. The molecule has 1 N–H and O–H groups in total. The molecule has 0 unspecified atom stereocenters. The predicted molar refractivity (Wildman–Crippen MR) is 81.8 cm³/mol. The van der Waals surface area contributed by atoms with E-state index in [0.29, 0.717) is 5.41 Å². The average Bonchev–Trinajstić information content (AvgIpc) is 2.60. The van der Waals surface area contributed by atoms with Crippen LogP contribution in [0.2, 0.25) is 0 Å². The molecular formula is C14H24BrNS. The van der Waals surface area contributed by atoms with Gasteiger partial charge in [0.2, 0.25) is 0 Å². The van der Waals surface area contributed by atoms with Crippen molar-refractivity contribution in [2.75, 3.05) is 13.1 Å². The Morgan fingerprint density at radius 3 is 2.65 bits per heavy atom. The summed E-state index contributed by atoms with van der Waals surface area (Å²) in [4.78, 5) is 1.47. The molecule has 0 bridgehead atoms. The third kappa shape index (κ3) is 6.03. The van der Waals surface area contributed by atoms with Gasteiger partial charge >= 0.3 is 0 Å². The highest BCUT2D eigenvalue weighted by Crippen LogP contribution is 2.28. The highest BCUT2D eigenvalue weighted by molar-refractivity contribution is 9.10. The van der Waals surface area contributed by atoms with Crippen LogP contribution in [0.15, 0.2) is 15.9 Å². The second kappa shape index (κ2) is 6.91. The molecule has 0 aliphatic heterocycles. The van der Waals surface area contributed by atoms with Crippen molar-refractivity contribution in [1.29, 1.82) is 0 Å². The van der Waals surface area contributed by atoms with Crippen molar-refractivity contribution < 1.29 is 0 Å². The minimum absolute atomic E-state index is 0.373. The summed E-state index contributed by atoms with van der Waals surface area (Å²) in [5.74, 6) is 0.734. The third-order valence-corrected chi connectivity index (χ3v) is 4.86. The SMILES string of the molecule is CC(C)CNCC(C)(C)CCc1sccc1Br. The van der Waals surface area contributed by atoms with Crippen LogP contribution in [0.1, 0.15) is 39.0 Å². The summed E-state index contributed by atoms with van der Waals surface area (Å²) in [5, 5.41) is 5.72. The minimum atomic E-state index is 0.373. The average molecular weight is 318 g/mol. The summed E-state index contributed by atoms with van der Waals surface area (Å²) >= 11 is 5.45. The van der Waals surface area contributed by atoms with Gasteiger partial charge in [0.05, 0.1) is 0 Å². The molecule has 1 heterocycles. The molecule has 0 saturated carbocycles. The number of rotatable bonds is 7. The second-order valence-corrected chi connectivity index (χ2v) is 7.74. The van der Waals surface area contributed by atoms with Crippen molar-refractivity contribution in [3.8, 4) is 0 Å². The first kappa shape index (κ1) is 15.2. The molecule has 0 amide bonds. The van der Waals surface area contributed by atoms with Crippen molar-refractivity contribution in [3.05, 3.63) is 20.8 Å². The van der Waals surface area contributed by atoms with Gasteiger partial charge < -0.3 is 5.32 Å². The molecule has 1 aromatic heterocycles. The van der Waals surface area contributed by atoms with E-state index in [4.69, 9.17) is 0 Å². The zero-order chi connectivity index (χ0) is 12.9. The van der Waals surface area contributed by atoms with Crippen molar-refractivity contribution in [1.82, 2.24) is 5.32 Å². The fourth-order valence-corrected chi connectivity index (χ4v) is 3.30. The number of thiophene rings is 1. The van der Waals surface area contributed by atoms with E-state index in [1.807, 2.05) is 11.3 Å². The van der Waals surface area contributed by atoms with E-state index in [1.165, 1.54) is 22.2 Å².